The van der Waals surface area contributed by atoms with Crippen LogP contribution < -0.4 is 19.7 Å². The van der Waals surface area contributed by atoms with Crippen LogP contribution in [0.2, 0.25) is 0 Å². The third-order valence-electron chi connectivity index (χ3n) is 6.60. The smallest absolute Gasteiger partial charge is 0.472 e. The molecule has 1 amide bonds. The minimum atomic E-state index is -4.86. The lowest BCUT2D eigenvalue weighted by Gasteiger charge is -2.26. The van der Waals surface area contributed by atoms with Gasteiger partial charge in [0, 0.05) is 30.3 Å². The molecule has 9 nitrogen and oxygen atoms in total. The summed E-state index contributed by atoms with van der Waals surface area (Å²) in [4.78, 5) is 18.5. The van der Waals surface area contributed by atoms with Crippen molar-refractivity contribution >= 4 is 21.4 Å². The number of carbonyl (C=O) groups is 1. The number of ether oxygens (including phenoxy) is 3. The van der Waals surface area contributed by atoms with Gasteiger partial charge in [-0.2, -0.15) is 8.78 Å². The molecule has 0 radical (unpaired) electrons. The summed E-state index contributed by atoms with van der Waals surface area (Å²) in [5.74, 6) is -0.871. The predicted octanol–water partition coefficient (Wildman–Crippen LogP) is 4.97. The van der Waals surface area contributed by atoms with Crippen molar-refractivity contribution in [3.05, 3.63) is 78.0 Å². The number of carbonyl (C=O) groups excluding carboxylic acids is 1. The zero-order valence-electron chi connectivity index (χ0n) is 22.8. The zero-order valence-corrected chi connectivity index (χ0v) is 23.6. The van der Waals surface area contributed by atoms with Gasteiger partial charge in [0.15, 0.2) is 9.84 Å². The van der Waals surface area contributed by atoms with Crippen molar-refractivity contribution in [1.29, 1.82) is 0 Å². The van der Waals surface area contributed by atoms with Crippen molar-refractivity contribution < 1.29 is 49.4 Å². The van der Waals surface area contributed by atoms with E-state index in [9.17, 15) is 35.2 Å². The molecule has 2 heterocycles. The third-order valence-corrected chi connectivity index (χ3v) is 8.35. The summed E-state index contributed by atoms with van der Waals surface area (Å²) in [6.45, 7) is -1.34. The first kappa shape index (κ1) is 31.9. The molecule has 2 aromatic carbocycles. The van der Waals surface area contributed by atoms with Gasteiger partial charge >= 0.3 is 13.0 Å². The number of rotatable bonds is 12. The van der Waals surface area contributed by atoms with Gasteiger partial charge in [-0.1, -0.05) is 19.1 Å². The zero-order chi connectivity index (χ0) is 31.2. The third kappa shape index (κ3) is 9.00. The molecule has 4 rings (SSSR count). The molecular formula is C28H28F5N3O6S. The summed E-state index contributed by atoms with van der Waals surface area (Å²) in [6, 6.07) is 14.4. The fraction of sp³-hybridized carbons (Fsp3) is 0.357. The highest BCUT2D eigenvalue weighted by Crippen LogP contribution is 2.30. The van der Waals surface area contributed by atoms with Crippen LogP contribution in [0.15, 0.2) is 71.8 Å². The second-order valence-corrected chi connectivity index (χ2v) is 11.8. The van der Waals surface area contributed by atoms with Crippen molar-refractivity contribution in [1.82, 2.24) is 10.3 Å². The van der Waals surface area contributed by atoms with Gasteiger partial charge in [0.05, 0.1) is 36.0 Å². The number of hydrogen-bond donors (Lipinski definition) is 1. The maximum Gasteiger partial charge on any atom is 0.573 e. The second-order valence-electron chi connectivity index (χ2n) is 9.53. The van der Waals surface area contributed by atoms with Crippen LogP contribution in [-0.2, 0) is 21.1 Å². The van der Waals surface area contributed by atoms with E-state index >= 15 is 0 Å². The van der Waals surface area contributed by atoms with Crippen LogP contribution in [0.1, 0.15) is 29.3 Å². The van der Waals surface area contributed by atoms with Crippen molar-refractivity contribution in [2.45, 2.75) is 49.9 Å². The van der Waals surface area contributed by atoms with E-state index in [1.807, 2.05) is 0 Å². The topological polar surface area (TPSA) is 107 Å². The van der Waals surface area contributed by atoms with Gasteiger partial charge in [0.2, 0.25) is 5.88 Å². The maximum absolute atomic E-state index is 12.8. The van der Waals surface area contributed by atoms with Crippen LogP contribution in [0.25, 0.3) is 0 Å². The van der Waals surface area contributed by atoms with Crippen molar-refractivity contribution in [3.8, 4) is 11.6 Å². The van der Waals surface area contributed by atoms with Crippen molar-refractivity contribution in [2.75, 3.05) is 23.8 Å². The van der Waals surface area contributed by atoms with Crippen LogP contribution in [0.4, 0.5) is 27.6 Å². The van der Waals surface area contributed by atoms with Crippen LogP contribution in [0, 0.1) is 0 Å². The standard InChI is InChI=1S/C28H28F5N3O6S/c1-2-43(38,39)24-10-3-18(4-11-24)14-35-26(37)19-5-7-20(8-6-19)36-16-23(13-21(36)17-40-27(29)30)41-25-12-9-22(15-34-25)42-28(31,32)33/h3-12,15,21,23,27H,2,13-14,16-17H2,1H3,(H,35,37)/t21-,23-/m0/s1. The number of sulfone groups is 1. The molecular weight excluding hydrogens is 601 g/mol. The van der Waals surface area contributed by atoms with Gasteiger partial charge in [-0.25, -0.2) is 13.4 Å². The molecule has 1 fully saturated rings. The molecule has 15 heteroatoms. The number of anilines is 1. The van der Waals surface area contributed by atoms with Crippen LogP contribution in [-0.4, -0.2) is 63.3 Å². The first-order valence-electron chi connectivity index (χ1n) is 13.1. The monoisotopic (exact) mass is 629 g/mol. The molecule has 0 spiro atoms. The first-order chi connectivity index (χ1) is 20.3. The highest BCUT2D eigenvalue weighted by Gasteiger charge is 2.35. The quantitative estimate of drug-likeness (QED) is 0.280. The Morgan fingerprint density at radius 2 is 1.77 bits per heavy atom. The number of pyridine rings is 1. The van der Waals surface area contributed by atoms with E-state index in [1.165, 1.54) is 18.2 Å². The van der Waals surface area contributed by atoms with Crippen molar-refractivity contribution in [2.24, 2.45) is 0 Å². The summed E-state index contributed by atoms with van der Waals surface area (Å²) in [7, 11) is -3.33. The average molecular weight is 630 g/mol. The molecule has 43 heavy (non-hydrogen) atoms. The highest BCUT2D eigenvalue weighted by atomic mass is 32.2. The summed E-state index contributed by atoms with van der Waals surface area (Å²) >= 11 is 0. The van der Waals surface area contributed by atoms with Gasteiger partial charge < -0.3 is 24.4 Å². The number of benzene rings is 2. The Labute approximate surface area is 244 Å². The fourth-order valence-corrected chi connectivity index (χ4v) is 5.37. The number of aromatic nitrogens is 1. The number of hydrogen-bond acceptors (Lipinski definition) is 8. The highest BCUT2D eigenvalue weighted by molar-refractivity contribution is 7.91. The van der Waals surface area contributed by atoms with Gasteiger partial charge in [-0.3, -0.25) is 4.79 Å². The number of halogens is 5. The molecule has 1 aliphatic heterocycles. The molecule has 0 saturated carbocycles. The van der Waals surface area contributed by atoms with Gasteiger partial charge in [-0.05, 0) is 48.0 Å². The summed E-state index contributed by atoms with van der Waals surface area (Å²) in [5, 5.41) is 2.77. The van der Waals surface area contributed by atoms with Gasteiger partial charge in [0.1, 0.15) is 11.9 Å². The molecule has 232 valence electrons. The van der Waals surface area contributed by atoms with E-state index in [2.05, 4.69) is 19.8 Å². The molecule has 1 saturated heterocycles. The Morgan fingerprint density at radius 1 is 1.07 bits per heavy atom. The predicted molar refractivity (Wildman–Crippen MR) is 145 cm³/mol. The van der Waals surface area contributed by atoms with E-state index in [0.717, 1.165) is 12.3 Å². The van der Waals surface area contributed by atoms with E-state index in [1.54, 1.807) is 48.2 Å². The van der Waals surface area contributed by atoms with E-state index < -0.39 is 40.7 Å². The molecule has 2 atom stereocenters. The SMILES string of the molecule is CCS(=O)(=O)c1ccc(CNC(=O)c2ccc(N3C[C@@H](Oc4ccc(OC(F)(F)F)cn4)C[C@H]3COC(F)F)cc2)cc1. The number of amides is 1. The number of nitrogens with one attached hydrogen (secondary N) is 1. The Balaban J connectivity index is 1.38. The van der Waals surface area contributed by atoms with E-state index in [0.29, 0.717) is 16.8 Å². The lowest BCUT2D eigenvalue weighted by molar-refractivity contribution is -0.274. The van der Waals surface area contributed by atoms with Crippen LogP contribution in [0.5, 0.6) is 11.6 Å². The lowest BCUT2D eigenvalue weighted by Crippen LogP contribution is -2.34. The summed E-state index contributed by atoms with van der Waals surface area (Å²) in [5.41, 5.74) is 1.66. The Kier molecular flexibility index (Phi) is 10.1. The van der Waals surface area contributed by atoms with Gasteiger partial charge in [-0.15, -0.1) is 13.2 Å². The largest absolute Gasteiger partial charge is 0.573 e. The molecule has 0 aliphatic carbocycles. The minimum absolute atomic E-state index is 0.0145. The Morgan fingerprint density at radius 3 is 2.35 bits per heavy atom. The maximum atomic E-state index is 12.8. The average Bonchev–Trinajstić information content (AvgIpc) is 3.37. The summed E-state index contributed by atoms with van der Waals surface area (Å²) in [6.07, 6.45) is -4.29. The molecule has 1 N–H and O–H groups in total. The summed E-state index contributed by atoms with van der Waals surface area (Å²) < 4.78 is 101. The van der Waals surface area contributed by atoms with E-state index in [4.69, 9.17) is 4.74 Å². The van der Waals surface area contributed by atoms with E-state index in [-0.39, 0.29) is 48.6 Å². The molecule has 0 bridgehead atoms. The second kappa shape index (κ2) is 13.5. The Bertz CT molecular complexity index is 1470. The van der Waals surface area contributed by atoms with Crippen molar-refractivity contribution in [3.63, 3.8) is 0 Å². The lowest BCUT2D eigenvalue weighted by atomic mass is 10.1. The number of nitrogens with zero attached hydrogens (tertiary/aromatic N) is 2. The molecule has 0 unspecified atom stereocenters. The molecule has 1 aliphatic rings. The number of alkyl halides is 5. The first-order valence-corrected chi connectivity index (χ1v) is 14.7. The fourth-order valence-electron chi connectivity index (χ4n) is 4.49. The van der Waals surface area contributed by atoms with Crippen LogP contribution >= 0.6 is 0 Å². The van der Waals surface area contributed by atoms with Crippen LogP contribution in [0.3, 0.4) is 0 Å². The molecule has 3 aromatic rings. The minimum Gasteiger partial charge on any atom is -0.472 e. The normalized spacial score (nSPS) is 17.2. The Hall–Kier alpha value is -3.98. The van der Waals surface area contributed by atoms with Gasteiger partial charge in [0.25, 0.3) is 5.91 Å². The molecule has 1 aromatic heterocycles.